The summed E-state index contributed by atoms with van der Waals surface area (Å²) in [5.74, 6) is -1.36. The van der Waals surface area contributed by atoms with E-state index in [4.69, 9.17) is 4.74 Å². The number of anilines is 2. The molecule has 0 fully saturated rings. The van der Waals surface area contributed by atoms with Gasteiger partial charge in [-0.15, -0.1) is 0 Å². The van der Waals surface area contributed by atoms with E-state index in [2.05, 4.69) is 10.6 Å². The van der Waals surface area contributed by atoms with Crippen LogP contribution >= 0.6 is 0 Å². The second-order valence-electron chi connectivity index (χ2n) is 4.11. The number of ether oxygens (including phenoxy) is 1. The minimum absolute atomic E-state index is 0.304. The van der Waals surface area contributed by atoms with Crippen molar-refractivity contribution in [3.63, 3.8) is 0 Å². The molecule has 0 heterocycles. The normalized spacial score (nSPS) is 9.84. The molecule has 104 valence electrons. The Morgan fingerprint density at radius 3 is 2.53 bits per heavy atom. The lowest BCUT2D eigenvalue weighted by atomic mass is 10.2. The molecule has 19 heavy (non-hydrogen) atoms. The average molecular weight is 265 g/mol. The van der Waals surface area contributed by atoms with Crippen molar-refractivity contribution in [3.05, 3.63) is 24.3 Å². The number of carbonyl (C=O) groups excluding carboxylic acids is 2. The lowest BCUT2D eigenvalue weighted by Crippen LogP contribution is -2.37. The van der Waals surface area contributed by atoms with Crippen molar-refractivity contribution >= 4 is 23.2 Å². The summed E-state index contributed by atoms with van der Waals surface area (Å²) in [4.78, 5) is 25.1. The van der Waals surface area contributed by atoms with Crippen LogP contribution < -0.4 is 15.5 Å². The summed E-state index contributed by atoms with van der Waals surface area (Å²) in [7, 11) is 5.26. The largest absolute Gasteiger partial charge is 0.383 e. The summed E-state index contributed by atoms with van der Waals surface area (Å²) in [5.41, 5.74) is 1.43. The zero-order valence-electron chi connectivity index (χ0n) is 11.4. The number of methoxy groups -OCH3 is 1. The topological polar surface area (TPSA) is 70.7 Å². The Morgan fingerprint density at radius 1 is 1.21 bits per heavy atom. The summed E-state index contributed by atoms with van der Waals surface area (Å²) in [6.45, 7) is 0.672. The first-order valence-corrected chi connectivity index (χ1v) is 5.90. The fraction of sp³-hybridized carbons (Fsp3) is 0.385. The van der Waals surface area contributed by atoms with Gasteiger partial charge in [-0.25, -0.2) is 0 Å². The van der Waals surface area contributed by atoms with Gasteiger partial charge in [0.1, 0.15) is 0 Å². The molecule has 2 N–H and O–H groups in total. The Labute approximate surface area is 112 Å². The number of hydrogen-bond donors (Lipinski definition) is 2. The molecule has 0 aromatic heterocycles. The van der Waals surface area contributed by atoms with Gasteiger partial charge in [0.2, 0.25) is 0 Å². The van der Waals surface area contributed by atoms with E-state index in [9.17, 15) is 9.59 Å². The number of nitrogens with one attached hydrogen (secondary N) is 2. The Kier molecular flexibility index (Phi) is 5.81. The van der Waals surface area contributed by atoms with Gasteiger partial charge >= 0.3 is 11.8 Å². The first-order valence-electron chi connectivity index (χ1n) is 5.90. The van der Waals surface area contributed by atoms with Crippen molar-refractivity contribution in [2.24, 2.45) is 0 Å². The number of para-hydroxylation sites is 2. The average Bonchev–Trinajstić information content (AvgIpc) is 2.39. The van der Waals surface area contributed by atoms with Crippen LogP contribution in [0.1, 0.15) is 0 Å². The van der Waals surface area contributed by atoms with Crippen LogP contribution in [0.3, 0.4) is 0 Å². The van der Waals surface area contributed by atoms with Gasteiger partial charge in [-0.05, 0) is 12.1 Å². The SMILES string of the molecule is COCCNC(=O)C(=O)Nc1ccccc1N(C)C. The smallest absolute Gasteiger partial charge is 0.313 e. The second kappa shape index (κ2) is 7.38. The van der Waals surface area contributed by atoms with E-state index in [0.717, 1.165) is 5.69 Å². The van der Waals surface area contributed by atoms with Gasteiger partial charge in [0.15, 0.2) is 0 Å². The molecule has 1 aromatic carbocycles. The number of benzene rings is 1. The predicted octanol–water partition coefficient (Wildman–Crippen LogP) is 0.454. The van der Waals surface area contributed by atoms with Gasteiger partial charge in [-0.1, -0.05) is 12.1 Å². The van der Waals surface area contributed by atoms with E-state index in [0.29, 0.717) is 18.8 Å². The van der Waals surface area contributed by atoms with Gasteiger partial charge in [0.05, 0.1) is 18.0 Å². The molecular formula is C13H19N3O3. The molecule has 1 aromatic rings. The van der Waals surface area contributed by atoms with E-state index >= 15 is 0 Å². The fourth-order valence-corrected chi connectivity index (χ4v) is 1.50. The molecule has 0 atom stereocenters. The summed E-state index contributed by atoms with van der Waals surface area (Å²) in [6.07, 6.45) is 0. The minimum atomic E-state index is -0.689. The van der Waals surface area contributed by atoms with Crippen LogP contribution in [0.25, 0.3) is 0 Å². The molecule has 0 aliphatic heterocycles. The first kappa shape index (κ1) is 15.0. The molecular weight excluding hydrogens is 246 g/mol. The highest BCUT2D eigenvalue weighted by Crippen LogP contribution is 2.23. The molecule has 0 bridgehead atoms. The van der Waals surface area contributed by atoms with Gasteiger partial charge in [0.25, 0.3) is 0 Å². The molecule has 1 rings (SSSR count). The molecule has 0 saturated heterocycles. The third kappa shape index (κ3) is 4.59. The standard InChI is InChI=1S/C13H19N3O3/c1-16(2)11-7-5-4-6-10(11)15-13(18)12(17)14-8-9-19-3/h4-7H,8-9H2,1-3H3,(H,14,17)(H,15,18). The number of rotatable bonds is 5. The lowest BCUT2D eigenvalue weighted by Gasteiger charge is -2.17. The lowest BCUT2D eigenvalue weighted by molar-refractivity contribution is -0.136. The van der Waals surface area contributed by atoms with E-state index in [1.54, 1.807) is 12.1 Å². The quantitative estimate of drug-likeness (QED) is 0.599. The summed E-state index contributed by atoms with van der Waals surface area (Å²) in [5, 5.41) is 5.05. The number of hydrogen-bond acceptors (Lipinski definition) is 4. The maximum Gasteiger partial charge on any atom is 0.313 e. The highest BCUT2D eigenvalue weighted by atomic mass is 16.5. The van der Waals surface area contributed by atoms with Crippen LogP contribution in [0.5, 0.6) is 0 Å². The van der Waals surface area contributed by atoms with Crippen molar-refractivity contribution in [3.8, 4) is 0 Å². The maximum absolute atomic E-state index is 11.7. The van der Waals surface area contributed by atoms with Crippen LogP contribution in [-0.2, 0) is 14.3 Å². The van der Waals surface area contributed by atoms with Crippen LogP contribution in [0.2, 0.25) is 0 Å². The molecule has 0 aliphatic carbocycles. The van der Waals surface area contributed by atoms with Gasteiger partial charge in [-0.3, -0.25) is 9.59 Å². The maximum atomic E-state index is 11.7. The highest BCUT2D eigenvalue weighted by Gasteiger charge is 2.15. The van der Waals surface area contributed by atoms with Crippen LogP contribution in [0, 0.1) is 0 Å². The molecule has 0 saturated carbocycles. The third-order valence-electron chi connectivity index (χ3n) is 2.43. The second-order valence-corrected chi connectivity index (χ2v) is 4.11. The third-order valence-corrected chi connectivity index (χ3v) is 2.43. The van der Waals surface area contributed by atoms with Crippen molar-refractivity contribution < 1.29 is 14.3 Å². The van der Waals surface area contributed by atoms with E-state index in [1.807, 2.05) is 31.1 Å². The summed E-state index contributed by atoms with van der Waals surface area (Å²) >= 11 is 0. The zero-order valence-corrected chi connectivity index (χ0v) is 11.4. The molecule has 6 nitrogen and oxygen atoms in total. The van der Waals surface area contributed by atoms with Crippen molar-refractivity contribution in [1.29, 1.82) is 0 Å². The van der Waals surface area contributed by atoms with Gasteiger partial charge in [-0.2, -0.15) is 0 Å². The zero-order chi connectivity index (χ0) is 14.3. The van der Waals surface area contributed by atoms with Crippen LogP contribution in [0.15, 0.2) is 24.3 Å². The van der Waals surface area contributed by atoms with Crippen LogP contribution in [-0.4, -0.2) is 46.2 Å². The Bertz CT molecular complexity index is 447. The van der Waals surface area contributed by atoms with Crippen LogP contribution in [0.4, 0.5) is 11.4 Å². The van der Waals surface area contributed by atoms with E-state index < -0.39 is 11.8 Å². The van der Waals surface area contributed by atoms with Crippen molar-refractivity contribution in [2.75, 3.05) is 44.6 Å². The van der Waals surface area contributed by atoms with Gasteiger partial charge in [0, 0.05) is 27.7 Å². The highest BCUT2D eigenvalue weighted by molar-refractivity contribution is 6.39. The Morgan fingerprint density at radius 2 is 1.89 bits per heavy atom. The Balaban J connectivity index is 2.64. The monoisotopic (exact) mass is 265 g/mol. The fourth-order valence-electron chi connectivity index (χ4n) is 1.50. The molecule has 0 aliphatic rings. The summed E-state index contributed by atoms with van der Waals surface area (Å²) in [6, 6.07) is 7.27. The molecule has 0 spiro atoms. The number of carbonyl (C=O) groups is 2. The number of nitrogens with zero attached hydrogens (tertiary/aromatic N) is 1. The molecule has 2 amide bonds. The Hall–Kier alpha value is -2.08. The molecule has 0 radical (unpaired) electrons. The van der Waals surface area contributed by atoms with Gasteiger partial charge < -0.3 is 20.3 Å². The number of amides is 2. The van der Waals surface area contributed by atoms with Crippen molar-refractivity contribution in [2.45, 2.75) is 0 Å². The first-order chi connectivity index (χ1) is 9.06. The minimum Gasteiger partial charge on any atom is -0.383 e. The van der Waals surface area contributed by atoms with E-state index in [-0.39, 0.29) is 0 Å². The van der Waals surface area contributed by atoms with E-state index in [1.165, 1.54) is 7.11 Å². The van der Waals surface area contributed by atoms with Crippen molar-refractivity contribution in [1.82, 2.24) is 5.32 Å². The molecule has 6 heteroatoms. The predicted molar refractivity (Wildman–Crippen MR) is 74.3 cm³/mol. The molecule has 0 unspecified atom stereocenters. The summed E-state index contributed by atoms with van der Waals surface area (Å²) < 4.78 is 4.79.